The summed E-state index contributed by atoms with van der Waals surface area (Å²) in [6.07, 6.45) is -15.4. The molecule has 0 aliphatic carbocycles. The maximum absolute atomic E-state index is 12.5. The first kappa shape index (κ1) is 35.2. The number of nitrogens with zero attached hydrogens (tertiary/aromatic N) is 1. The molecule has 2 fully saturated rings. The third-order valence-corrected chi connectivity index (χ3v) is 9.25. The van der Waals surface area contributed by atoms with Gasteiger partial charge in [-0.1, -0.05) is 0 Å². The van der Waals surface area contributed by atoms with Gasteiger partial charge in [-0.3, -0.25) is 28.2 Å². The van der Waals surface area contributed by atoms with Crippen molar-refractivity contribution in [1.82, 2.24) is 9.55 Å². The molecule has 3 heterocycles. The Morgan fingerprint density at radius 3 is 2.11 bits per heavy atom. The summed E-state index contributed by atoms with van der Waals surface area (Å²) in [5.41, 5.74) is -1.36. The second-order valence-electron chi connectivity index (χ2n) is 9.89. The van der Waals surface area contributed by atoms with E-state index in [0.29, 0.717) is 5.56 Å². The molecule has 2 saturated heterocycles. The first-order chi connectivity index (χ1) is 21.0. The fraction of sp³-hybridized carbons (Fsp3) is 0.522. The number of aliphatic hydroxyl groups is 5. The maximum Gasteiger partial charge on any atom is 0.483 e. The van der Waals surface area contributed by atoms with E-state index in [9.17, 15) is 58.8 Å². The number of nitrogens with one attached hydrogen (secondary N) is 1. The largest absolute Gasteiger partial charge is 0.491 e. The van der Waals surface area contributed by atoms with Gasteiger partial charge in [0.1, 0.15) is 55.1 Å². The maximum atomic E-state index is 12.5. The van der Waals surface area contributed by atoms with Gasteiger partial charge in [-0.05, 0) is 31.2 Å². The molecule has 8 N–H and O–H groups in total. The lowest BCUT2D eigenvalue weighted by Gasteiger charge is -2.40. The quantitative estimate of drug-likeness (QED) is 0.0846. The molecule has 22 heteroatoms. The van der Waals surface area contributed by atoms with Crippen LogP contribution in [0.3, 0.4) is 0 Å². The molecular formula is C23H30N2O18P2. The molecule has 250 valence electrons. The molecule has 0 amide bonds. The molecule has 4 rings (SSSR count). The number of rotatable bonds is 12. The van der Waals surface area contributed by atoms with Crippen molar-refractivity contribution in [3.8, 4) is 5.75 Å². The number of carbonyl (C=O) groups excluding carboxylic acids is 1. The van der Waals surface area contributed by atoms with E-state index in [1.54, 1.807) is 0 Å². The van der Waals surface area contributed by atoms with Crippen LogP contribution in [0.15, 0.2) is 46.1 Å². The molecular weight excluding hydrogens is 654 g/mol. The molecule has 0 bridgehead atoms. The van der Waals surface area contributed by atoms with E-state index in [-0.39, 0.29) is 11.5 Å². The number of phosphoric ester groups is 2. The lowest BCUT2D eigenvalue weighted by molar-refractivity contribution is -0.279. The van der Waals surface area contributed by atoms with Crippen LogP contribution >= 0.6 is 15.6 Å². The van der Waals surface area contributed by atoms with Gasteiger partial charge in [-0.2, -0.15) is 4.31 Å². The standard InChI is InChI=1S/C23H30N2O18P2/c1-10(26)11-2-4-12(5-3-11)38-8-13-16(28)18(30)20(32)22(41-13)42-45(36,37)43-44(34,35)39-9-14-17(29)19(31)21(40-14)25-7-6-15(27)24-23(25)33/h2-7,13-14,16-22,28-32H,8-9H2,1H3,(H,34,35)(H,36,37)(H,24,27,33). The van der Waals surface area contributed by atoms with E-state index in [1.165, 1.54) is 31.2 Å². The lowest BCUT2D eigenvalue weighted by atomic mass is 9.99. The number of aromatic amines is 1. The summed E-state index contributed by atoms with van der Waals surface area (Å²) in [5, 5.41) is 51.2. The fourth-order valence-electron chi connectivity index (χ4n) is 4.30. The number of ketones is 1. The molecule has 2 aliphatic rings. The molecule has 11 unspecified atom stereocenters. The third kappa shape index (κ3) is 8.59. The second-order valence-corrected chi connectivity index (χ2v) is 12.9. The fourth-order valence-corrected chi connectivity index (χ4v) is 6.46. The normalized spacial score (nSPS) is 32.8. The highest BCUT2D eigenvalue weighted by Crippen LogP contribution is 2.61. The number of H-pyrrole nitrogens is 1. The number of hydrogen-bond donors (Lipinski definition) is 8. The lowest BCUT2D eigenvalue weighted by Crippen LogP contribution is -2.59. The average molecular weight is 684 g/mol. The van der Waals surface area contributed by atoms with Gasteiger partial charge in [0.25, 0.3) is 5.56 Å². The predicted octanol–water partition coefficient (Wildman–Crippen LogP) is -2.50. The van der Waals surface area contributed by atoms with E-state index < -0.39 is 95.4 Å². The number of carbonyl (C=O) groups is 1. The molecule has 1 aromatic heterocycles. The number of ether oxygens (including phenoxy) is 3. The summed E-state index contributed by atoms with van der Waals surface area (Å²) in [6.45, 7) is -0.178. The Balaban J connectivity index is 1.34. The molecule has 45 heavy (non-hydrogen) atoms. The molecule has 2 aliphatic heterocycles. The van der Waals surface area contributed by atoms with Crippen LogP contribution in [0.4, 0.5) is 0 Å². The monoisotopic (exact) mass is 684 g/mol. The molecule has 11 atom stereocenters. The summed E-state index contributed by atoms with van der Waals surface area (Å²) >= 11 is 0. The van der Waals surface area contributed by atoms with Crippen molar-refractivity contribution in [2.75, 3.05) is 13.2 Å². The minimum Gasteiger partial charge on any atom is -0.491 e. The van der Waals surface area contributed by atoms with E-state index in [0.717, 1.165) is 16.8 Å². The molecule has 2 aromatic rings. The minimum absolute atomic E-state index is 0.198. The van der Waals surface area contributed by atoms with Crippen LogP contribution in [0.2, 0.25) is 0 Å². The van der Waals surface area contributed by atoms with Crippen LogP contribution in [0.5, 0.6) is 5.75 Å². The summed E-state index contributed by atoms with van der Waals surface area (Å²) < 4.78 is 55.1. The first-order valence-corrected chi connectivity index (χ1v) is 15.9. The van der Waals surface area contributed by atoms with Crippen LogP contribution in [0.1, 0.15) is 23.5 Å². The summed E-state index contributed by atoms with van der Waals surface area (Å²) in [4.78, 5) is 56.7. The van der Waals surface area contributed by atoms with Gasteiger partial charge in [0.05, 0.1) is 6.61 Å². The van der Waals surface area contributed by atoms with E-state index >= 15 is 0 Å². The predicted molar refractivity (Wildman–Crippen MR) is 144 cm³/mol. The highest BCUT2D eigenvalue weighted by Gasteiger charge is 2.50. The highest BCUT2D eigenvalue weighted by molar-refractivity contribution is 7.61. The minimum atomic E-state index is -5.67. The van der Waals surface area contributed by atoms with Crippen molar-refractivity contribution in [2.24, 2.45) is 0 Å². The van der Waals surface area contributed by atoms with Crippen LogP contribution < -0.4 is 16.0 Å². The number of benzene rings is 1. The van der Waals surface area contributed by atoms with Crippen LogP contribution in [0, 0.1) is 0 Å². The van der Waals surface area contributed by atoms with Gasteiger partial charge in [-0.25, -0.2) is 13.9 Å². The van der Waals surface area contributed by atoms with Crippen molar-refractivity contribution in [3.63, 3.8) is 0 Å². The number of aromatic nitrogens is 2. The number of Topliss-reactive ketones (excluding diaryl/α,β-unsaturated/α-hetero) is 1. The van der Waals surface area contributed by atoms with E-state index in [1.807, 2.05) is 4.98 Å². The van der Waals surface area contributed by atoms with Crippen LogP contribution in [-0.2, 0) is 32.0 Å². The summed E-state index contributed by atoms with van der Waals surface area (Å²) in [7, 11) is -11.2. The van der Waals surface area contributed by atoms with Crippen LogP contribution in [0.25, 0.3) is 0 Å². The van der Waals surface area contributed by atoms with Gasteiger partial charge < -0.3 is 49.5 Å². The number of aliphatic hydroxyl groups excluding tert-OH is 5. The smallest absolute Gasteiger partial charge is 0.483 e. The zero-order valence-electron chi connectivity index (χ0n) is 23.0. The summed E-state index contributed by atoms with van der Waals surface area (Å²) in [6, 6.07) is 6.71. The SMILES string of the molecule is CC(=O)c1ccc(OCC2OC(OP(=O)(O)OP(=O)(O)OCC3OC(n4ccc(=O)[nH]c4=O)C(O)C3O)C(O)C(O)C2O)cc1. The molecule has 0 spiro atoms. The first-order valence-electron chi connectivity index (χ1n) is 12.9. The Morgan fingerprint density at radius 1 is 0.867 bits per heavy atom. The number of phosphoric acid groups is 2. The van der Waals surface area contributed by atoms with Crippen LogP contribution in [-0.4, -0.2) is 113 Å². The Bertz CT molecular complexity index is 1560. The average Bonchev–Trinajstić information content (AvgIpc) is 3.24. The van der Waals surface area contributed by atoms with E-state index in [2.05, 4.69) is 13.4 Å². The molecule has 0 radical (unpaired) electrons. The molecule has 0 saturated carbocycles. The van der Waals surface area contributed by atoms with Gasteiger partial charge in [0.2, 0.25) is 0 Å². The third-order valence-electron chi connectivity index (χ3n) is 6.65. The number of hydrogen-bond acceptors (Lipinski definition) is 16. The Labute approximate surface area is 252 Å². The van der Waals surface area contributed by atoms with Crippen molar-refractivity contribution >= 4 is 21.4 Å². The summed E-state index contributed by atoms with van der Waals surface area (Å²) in [5.74, 6) is 0.0140. The van der Waals surface area contributed by atoms with Crippen molar-refractivity contribution in [3.05, 3.63) is 62.9 Å². The Morgan fingerprint density at radius 2 is 1.49 bits per heavy atom. The second kappa shape index (κ2) is 14.0. The van der Waals surface area contributed by atoms with Crippen molar-refractivity contribution in [1.29, 1.82) is 0 Å². The molecule has 20 nitrogen and oxygen atoms in total. The van der Waals surface area contributed by atoms with E-state index in [4.69, 9.17) is 14.2 Å². The Hall–Kier alpha value is -2.65. The topological polar surface area (TPSA) is 303 Å². The van der Waals surface area contributed by atoms with Crippen molar-refractivity contribution < 1.29 is 76.8 Å². The van der Waals surface area contributed by atoms with Gasteiger partial charge >= 0.3 is 21.3 Å². The van der Waals surface area contributed by atoms with Gasteiger partial charge in [0.15, 0.2) is 18.3 Å². The van der Waals surface area contributed by atoms with Gasteiger partial charge in [-0.15, -0.1) is 0 Å². The zero-order chi connectivity index (χ0) is 33.3. The van der Waals surface area contributed by atoms with Crippen molar-refractivity contribution in [2.45, 2.75) is 62.2 Å². The Kier molecular flexibility index (Phi) is 11.0. The molecule has 1 aromatic carbocycles. The van der Waals surface area contributed by atoms with Gasteiger partial charge in [0, 0.05) is 17.8 Å². The highest BCUT2D eigenvalue weighted by atomic mass is 31.3. The zero-order valence-corrected chi connectivity index (χ0v) is 24.8.